The minimum atomic E-state index is -0.172. The van der Waals surface area contributed by atoms with E-state index in [-0.39, 0.29) is 24.5 Å². The standard InChI is InChI=1S/C18H22FNO/c1-14(11-16-9-5-6-10-18(16)19)20-17(13-21)12-15-7-3-2-4-8-15/h2-10,14,17,20-21H,11-13H2,1H3. The molecule has 0 aliphatic carbocycles. The van der Waals surface area contributed by atoms with E-state index in [0.717, 1.165) is 6.42 Å². The van der Waals surface area contributed by atoms with Crippen molar-refractivity contribution in [1.82, 2.24) is 5.32 Å². The maximum absolute atomic E-state index is 13.6. The number of rotatable bonds is 7. The summed E-state index contributed by atoms with van der Waals surface area (Å²) in [7, 11) is 0. The van der Waals surface area contributed by atoms with Crippen LogP contribution in [0, 0.1) is 5.82 Å². The van der Waals surface area contributed by atoms with Gasteiger partial charge in [0.05, 0.1) is 6.61 Å². The third-order valence-electron chi connectivity index (χ3n) is 3.55. The lowest BCUT2D eigenvalue weighted by molar-refractivity contribution is 0.232. The fourth-order valence-corrected chi connectivity index (χ4v) is 2.53. The second-order valence-electron chi connectivity index (χ2n) is 5.43. The Labute approximate surface area is 125 Å². The number of nitrogens with one attached hydrogen (secondary N) is 1. The minimum absolute atomic E-state index is 0.0193. The highest BCUT2D eigenvalue weighted by Crippen LogP contribution is 2.10. The molecule has 0 spiro atoms. The van der Waals surface area contributed by atoms with Gasteiger partial charge in [-0.2, -0.15) is 0 Å². The van der Waals surface area contributed by atoms with Crippen molar-refractivity contribution < 1.29 is 9.50 Å². The zero-order valence-corrected chi connectivity index (χ0v) is 12.3. The first-order valence-corrected chi connectivity index (χ1v) is 7.33. The van der Waals surface area contributed by atoms with Crippen molar-refractivity contribution in [2.45, 2.75) is 31.8 Å². The van der Waals surface area contributed by atoms with E-state index in [4.69, 9.17) is 0 Å². The van der Waals surface area contributed by atoms with Crippen molar-refractivity contribution in [3.05, 3.63) is 71.5 Å². The lowest BCUT2D eigenvalue weighted by Crippen LogP contribution is -2.41. The molecule has 3 heteroatoms. The van der Waals surface area contributed by atoms with E-state index in [1.165, 1.54) is 11.6 Å². The van der Waals surface area contributed by atoms with E-state index in [2.05, 4.69) is 5.32 Å². The Balaban J connectivity index is 1.91. The summed E-state index contributed by atoms with van der Waals surface area (Å²) in [6, 6.07) is 17.0. The van der Waals surface area contributed by atoms with Crippen LogP contribution in [0.15, 0.2) is 54.6 Å². The number of aliphatic hydroxyl groups excluding tert-OH is 1. The van der Waals surface area contributed by atoms with Gasteiger partial charge in [0.15, 0.2) is 0 Å². The van der Waals surface area contributed by atoms with E-state index in [1.54, 1.807) is 12.1 Å². The van der Waals surface area contributed by atoms with Gasteiger partial charge in [0.1, 0.15) is 5.82 Å². The number of halogens is 1. The molecule has 2 aromatic carbocycles. The maximum Gasteiger partial charge on any atom is 0.126 e. The lowest BCUT2D eigenvalue weighted by Gasteiger charge is -2.22. The largest absolute Gasteiger partial charge is 0.395 e. The summed E-state index contributed by atoms with van der Waals surface area (Å²) in [6.07, 6.45) is 1.37. The van der Waals surface area contributed by atoms with Gasteiger partial charge in [-0.05, 0) is 37.0 Å². The van der Waals surface area contributed by atoms with Crippen molar-refractivity contribution in [1.29, 1.82) is 0 Å². The number of hydrogen-bond acceptors (Lipinski definition) is 2. The van der Waals surface area contributed by atoms with Gasteiger partial charge < -0.3 is 10.4 Å². The molecule has 0 fully saturated rings. The van der Waals surface area contributed by atoms with Gasteiger partial charge in [-0.3, -0.25) is 0 Å². The van der Waals surface area contributed by atoms with Gasteiger partial charge in [-0.1, -0.05) is 48.5 Å². The van der Waals surface area contributed by atoms with Crippen LogP contribution in [0.4, 0.5) is 4.39 Å². The van der Waals surface area contributed by atoms with Gasteiger partial charge >= 0.3 is 0 Å². The summed E-state index contributed by atoms with van der Waals surface area (Å²) in [5.41, 5.74) is 1.89. The zero-order chi connectivity index (χ0) is 15.1. The third kappa shape index (κ3) is 4.96. The van der Waals surface area contributed by atoms with Crippen LogP contribution in [0.25, 0.3) is 0 Å². The first-order valence-electron chi connectivity index (χ1n) is 7.33. The molecule has 2 aromatic rings. The molecule has 2 unspecified atom stereocenters. The molecule has 112 valence electrons. The van der Waals surface area contributed by atoms with Crippen molar-refractivity contribution >= 4 is 0 Å². The molecule has 2 N–H and O–H groups in total. The average Bonchev–Trinajstić information content (AvgIpc) is 2.50. The number of hydrogen-bond donors (Lipinski definition) is 2. The molecule has 0 aromatic heterocycles. The van der Waals surface area contributed by atoms with Crippen LogP contribution >= 0.6 is 0 Å². The second kappa shape index (κ2) is 7.91. The van der Waals surface area contributed by atoms with E-state index < -0.39 is 0 Å². The molecule has 0 heterocycles. The number of aliphatic hydroxyl groups is 1. The summed E-state index contributed by atoms with van der Waals surface area (Å²) in [5.74, 6) is -0.172. The molecule has 2 atom stereocenters. The Kier molecular flexibility index (Phi) is 5.90. The topological polar surface area (TPSA) is 32.3 Å². The Hall–Kier alpha value is -1.71. The Bertz CT molecular complexity index is 544. The Morgan fingerprint density at radius 2 is 1.67 bits per heavy atom. The molecule has 0 saturated carbocycles. The van der Waals surface area contributed by atoms with E-state index in [1.807, 2.05) is 43.3 Å². The third-order valence-corrected chi connectivity index (χ3v) is 3.55. The van der Waals surface area contributed by atoms with Crippen LogP contribution in [-0.4, -0.2) is 23.8 Å². The molecule has 2 nitrogen and oxygen atoms in total. The Morgan fingerprint density at radius 1 is 1.00 bits per heavy atom. The van der Waals surface area contributed by atoms with E-state index in [9.17, 15) is 9.50 Å². The molecular formula is C18H22FNO. The summed E-state index contributed by atoms with van der Waals surface area (Å²) in [6.45, 7) is 2.08. The quantitative estimate of drug-likeness (QED) is 0.820. The van der Waals surface area contributed by atoms with E-state index in [0.29, 0.717) is 12.0 Å². The fourth-order valence-electron chi connectivity index (χ4n) is 2.53. The van der Waals surface area contributed by atoms with Crippen LogP contribution in [0.5, 0.6) is 0 Å². The lowest BCUT2D eigenvalue weighted by atomic mass is 10.0. The summed E-state index contributed by atoms with van der Waals surface area (Å²) < 4.78 is 13.6. The van der Waals surface area contributed by atoms with Crippen molar-refractivity contribution in [3.63, 3.8) is 0 Å². The highest BCUT2D eigenvalue weighted by molar-refractivity contribution is 5.19. The molecule has 0 radical (unpaired) electrons. The average molecular weight is 287 g/mol. The van der Waals surface area contributed by atoms with Crippen LogP contribution in [0.2, 0.25) is 0 Å². The highest BCUT2D eigenvalue weighted by atomic mass is 19.1. The van der Waals surface area contributed by atoms with Crippen LogP contribution in [0.3, 0.4) is 0 Å². The molecule has 0 aliphatic heterocycles. The van der Waals surface area contributed by atoms with Crippen molar-refractivity contribution in [2.24, 2.45) is 0 Å². The first kappa shape index (κ1) is 15.7. The van der Waals surface area contributed by atoms with Gasteiger partial charge in [-0.25, -0.2) is 4.39 Å². The van der Waals surface area contributed by atoms with Gasteiger partial charge in [0.2, 0.25) is 0 Å². The predicted octanol–water partition coefficient (Wildman–Crippen LogP) is 2.95. The second-order valence-corrected chi connectivity index (χ2v) is 5.43. The number of benzene rings is 2. The maximum atomic E-state index is 13.6. The zero-order valence-electron chi connectivity index (χ0n) is 12.3. The smallest absolute Gasteiger partial charge is 0.126 e. The molecule has 21 heavy (non-hydrogen) atoms. The monoisotopic (exact) mass is 287 g/mol. The van der Waals surface area contributed by atoms with Gasteiger partial charge in [0, 0.05) is 12.1 Å². The molecule has 0 bridgehead atoms. The normalized spacial score (nSPS) is 13.9. The molecule has 0 saturated heterocycles. The van der Waals surface area contributed by atoms with Crippen LogP contribution in [0.1, 0.15) is 18.1 Å². The van der Waals surface area contributed by atoms with Gasteiger partial charge in [0.25, 0.3) is 0 Å². The van der Waals surface area contributed by atoms with E-state index >= 15 is 0 Å². The molecule has 2 rings (SSSR count). The predicted molar refractivity (Wildman–Crippen MR) is 83.7 cm³/mol. The Morgan fingerprint density at radius 3 is 2.33 bits per heavy atom. The van der Waals surface area contributed by atoms with Crippen molar-refractivity contribution in [2.75, 3.05) is 6.61 Å². The molecule has 0 amide bonds. The summed E-state index contributed by atoms with van der Waals surface area (Å²) in [4.78, 5) is 0. The molecule has 0 aliphatic rings. The summed E-state index contributed by atoms with van der Waals surface area (Å²) >= 11 is 0. The molecular weight excluding hydrogens is 265 g/mol. The SMILES string of the molecule is CC(Cc1ccccc1F)NC(CO)Cc1ccccc1. The fraction of sp³-hybridized carbons (Fsp3) is 0.333. The van der Waals surface area contributed by atoms with Gasteiger partial charge in [-0.15, -0.1) is 0 Å². The van der Waals surface area contributed by atoms with Crippen LogP contribution < -0.4 is 5.32 Å². The first-order chi connectivity index (χ1) is 10.2. The summed E-state index contributed by atoms with van der Waals surface area (Å²) in [5, 5.41) is 12.9. The van der Waals surface area contributed by atoms with Crippen LogP contribution in [-0.2, 0) is 12.8 Å². The highest BCUT2D eigenvalue weighted by Gasteiger charge is 2.13. The minimum Gasteiger partial charge on any atom is -0.395 e. The van der Waals surface area contributed by atoms with Crippen molar-refractivity contribution in [3.8, 4) is 0 Å².